The molecule has 61 heavy (non-hydrogen) atoms. The van der Waals surface area contributed by atoms with Crippen LogP contribution in [-0.4, -0.2) is 71.9 Å². The van der Waals surface area contributed by atoms with E-state index in [4.69, 9.17) is 19.4 Å². The van der Waals surface area contributed by atoms with E-state index in [1.54, 1.807) is 12.0 Å². The molecular formula is C48H60N4O7S2. The number of ketones is 1. The molecule has 5 atom stereocenters. The summed E-state index contributed by atoms with van der Waals surface area (Å²) in [5.74, 6) is -0.0853. The van der Waals surface area contributed by atoms with Crippen LogP contribution >= 0.6 is 11.3 Å². The number of carbonyl (C=O) groups excluding carboxylic acids is 3. The van der Waals surface area contributed by atoms with E-state index in [9.17, 15) is 18.0 Å². The maximum absolute atomic E-state index is 15.0. The highest BCUT2D eigenvalue weighted by molar-refractivity contribution is 7.90. The number of amides is 2. The third kappa shape index (κ3) is 9.43. The highest BCUT2D eigenvalue weighted by Gasteiger charge is 2.61. The number of aryl methyl sites for hydroxylation is 2. The van der Waals surface area contributed by atoms with Gasteiger partial charge in [-0.2, -0.15) is 0 Å². The van der Waals surface area contributed by atoms with E-state index >= 15 is 4.79 Å². The van der Waals surface area contributed by atoms with Crippen molar-refractivity contribution in [1.82, 2.24) is 19.6 Å². The average molecular weight is 869 g/mol. The second-order valence-corrected chi connectivity index (χ2v) is 20.6. The summed E-state index contributed by atoms with van der Waals surface area (Å²) in [7, 11) is -2.20. The first-order valence-electron chi connectivity index (χ1n) is 21.5. The summed E-state index contributed by atoms with van der Waals surface area (Å²) in [6.45, 7) is 8.39. The van der Waals surface area contributed by atoms with Gasteiger partial charge < -0.3 is 14.4 Å². The number of fused-ring (bicyclic) bond motifs is 3. The molecule has 2 saturated carbocycles. The van der Waals surface area contributed by atoms with Crippen LogP contribution in [0.3, 0.4) is 0 Å². The maximum atomic E-state index is 15.0. The second kappa shape index (κ2) is 18.0. The van der Waals surface area contributed by atoms with Crippen molar-refractivity contribution in [2.45, 2.75) is 129 Å². The predicted molar refractivity (Wildman–Crippen MR) is 240 cm³/mol. The Balaban J connectivity index is 0.00000561. The third-order valence-corrected chi connectivity index (χ3v) is 15.6. The van der Waals surface area contributed by atoms with Crippen LogP contribution < -0.4 is 14.2 Å². The lowest BCUT2D eigenvalue weighted by Gasteiger charge is -2.29. The topological polar surface area (TPSA) is 145 Å². The number of thiazole rings is 1. The van der Waals surface area contributed by atoms with Crippen molar-refractivity contribution in [3.8, 4) is 22.2 Å². The Morgan fingerprint density at radius 2 is 1.84 bits per heavy atom. The Labute approximate surface area is 364 Å². The molecule has 1 saturated heterocycles. The molecule has 0 unspecified atom stereocenters. The highest BCUT2D eigenvalue weighted by Crippen LogP contribution is 2.57. The van der Waals surface area contributed by atoms with Crippen molar-refractivity contribution in [1.29, 1.82) is 0 Å². The molecule has 0 spiro atoms. The lowest BCUT2D eigenvalue weighted by molar-refractivity contribution is -0.142. The molecule has 4 aromatic rings. The van der Waals surface area contributed by atoms with Gasteiger partial charge in [0.15, 0.2) is 5.78 Å². The molecule has 2 amide bonds. The van der Waals surface area contributed by atoms with Gasteiger partial charge in [-0.05, 0) is 88.3 Å². The van der Waals surface area contributed by atoms with Crippen LogP contribution in [0, 0.1) is 31.1 Å². The van der Waals surface area contributed by atoms with Gasteiger partial charge in [-0.1, -0.05) is 76.1 Å². The zero-order valence-electron chi connectivity index (χ0n) is 35.2. The molecule has 3 fully saturated rings. The van der Waals surface area contributed by atoms with Crippen molar-refractivity contribution in [3.05, 3.63) is 82.4 Å². The number of allylic oxidation sites excluding steroid dienone is 2. The number of nitrogens with one attached hydrogen (secondary N) is 1. The zero-order valence-corrected chi connectivity index (χ0v) is 36.9. The van der Waals surface area contributed by atoms with Gasteiger partial charge in [0.05, 0.1) is 41.6 Å². The molecule has 2 aliphatic heterocycles. The number of carbonyl (C=O) groups is 3. The van der Waals surface area contributed by atoms with Gasteiger partial charge >= 0.3 is 0 Å². The highest BCUT2D eigenvalue weighted by atomic mass is 32.2. The van der Waals surface area contributed by atoms with Gasteiger partial charge in [-0.3, -0.25) is 19.1 Å². The fourth-order valence-corrected chi connectivity index (χ4v) is 11.4. The number of methoxy groups -OCH3 is 1. The van der Waals surface area contributed by atoms with Crippen molar-refractivity contribution >= 4 is 49.9 Å². The van der Waals surface area contributed by atoms with E-state index in [1.165, 1.54) is 11.3 Å². The van der Waals surface area contributed by atoms with Gasteiger partial charge in [0.25, 0.3) is 0 Å². The maximum Gasteiger partial charge on any atom is 0.240 e. The molecule has 326 valence electrons. The van der Waals surface area contributed by atoms with E-state index < -0.39 is 38.7 Å². The summed E-state index contributed by atoms with van der Waals surface area (Å²) < 4.78 is 41.0. The number of sulfonamides is 1. The lowest BCUT2D eigenvalue weighted by Crippen LogP contribution is -2.46. The minimum Gasteiger partial charge on any atom is -0.496 e. The molecule has 2 aromatic carbocycles. The van der Waals surface area contributed by atoms with Crippen molar-refractivity contribution in [2.24, 2.45) is 17.3 Å². The first-order valence-corrected chi connectivity index (χ1v) is 23.9. The van der Waals surface area contributed by atoms with Gasteiger partial charge in [0.2, 0.25) is 21.8 Å². The molecule has 1 N–H and O–H groups in total. The minimum atomic E-state index is -3.83. The number of Topliss-reactive ketones (excluding diaryl/α,β-unsaturated/α-hetero) is 1. The molecule has 8 rings (SSSR count). The normalized spacial score (nSPS) is 25.2. The summed E-state index contributed by atoms with van der Waals surface area (Å²) in [5.41, 5.74) is 4.19. The van der Waals surface area contributed by atoms with Gasteiger partial charge in [-0.15, -0.1) is 11.3 Å². The molecule has 13 heteroatoms. The Hall–Kier alpha value is -4.62. The van der Waals surface area contributed by atoms with Crippen molar-refractivity contribution < 1.29 is 32.3 Å². The smallest absolute Gasteiger partial charge is 0.240 e. The first-order chi connectivity index (χ1) is 28.8. The second-order valence-electron chi connectivity index (χ2n) is 17.8. The monoisotopic (exact) mass is 868 g/mol. The number of nitrogens with zero attached hydrogens (tertiary/aromatic N) is 3. The van der Waals surface area contributed by atoms with E-state index in [0.717, 1.165) is 58.5 Å². The van der Waals surface area contributed by atoms with Crippen LogP contribution in [0.2, 0.25) is 0 Å². The van der Waals surface area contributed by atoms with E-state index in [0.29, 0.717) is 54.8 Å². The summed E-state index contributed by atoms with van der Waals surface area (Å²) in [6, 6.07) is 13.1. The van der Waals surface area contributed by atoms with E-state index in [-0.39, 0.29) is 56.3 Å². The average Bonchev–Trinajstić information content (AvgIpc) is 4.09. The molecule has 11 nitrogen and oxygen atoms in total. The van der Waals surface area contributed by atoms with E-state index in [2.05, 4.69) is 36.8 Å². The van der Waals surface area contributed by atoms with Crippen LogP contribution in [0.1, 0.15) is 114 Å². The summed E-state index contributed by atoms with van der Waals surface area (Å²) in [4.78, 5) is 55.5. The van der Waals surface area contributed by atoms with Gasteiger partial charge in [0, 0.05) is 41.2 Å². The molecule has 0 bridgehead atoms. The molecule has 4 heterocycles. The number of ether oxygens (including phenoxy) is 2. The number of hydrogen-bond acceptors (Lipinski definition) is 10. The van der Waals surface area contributed by atoms with Gasteiger partial charge in [0.1, 0.15) is 28.3 Å². The van der Waals surface area contributed by atoms with Crippen LogP contribution in [0.4, 0.5) is 0 Å². The molecular weight excluding hydrogens is 809 g/mol. The number of pyridine rings is 1. The minimum absolute atomic E-state index is 0. The molecule has 2 aromatic heterocycles. The summed E-state index contributed by atoms with van der Waals surface area (Å²) in [6.07, 6.45) is 9.75. The Kier molecular flexibility index (Phi) is 13.1. The number of aromatic nitrogens is 2. The number of rotatable bonds is 10. The molecule has 0 radical (unpaired) electrons. The lowest BCUT2D eigenvalue weighted by atomic mass is 9.89. The predicted octanol–water partition coefficient (Wildman–Crippen LogP) is 9.04. The fourth-order valence-electron chi connectivity index (χ4n) is 9.10. The summed E-state index contributed by atoms with van der Waals surface area (Å²) >= 11 is 1.52. The summed E-state index contributed by atoms with van der Waals surface area (Å²) in [5, 5.41) is 3.01. The SMILES string of the molecule is C.COc1ccc2c(O[C@@H]3C[C@H]4C(=O)C[C@]5(C(=O)NS(=O)(=O)C6CC6)C[C@H]5/C=C\CCCCC[C@H](Cc5cccc(C)c5)C(=O)N4C3)cc(-c3nc(C(C)C)cs3)nc2c1C. The van der Waals surface area contributed by atoms with Crippen LogP contribution in [0.25, 0.3) is 21.6 Å². The van der Waals surface area contributed by atoms with Crippen molar-refractivity contribution in [2.75, 3.05) is 13.7 Å². The van der Waals surface area contributed by atoms with Crippen LogP contribution in [0.15, 0.2) is 60.0 Å². The Morgan fingerprint density at radius 1 is 1.03 bits per heavy atom. The Morgan fingerprint density at radius 3 is 2.56 bits per heavy atom. The molecule has 2 aliphatic carbocycles. The third-order valence-electron chi connectivity index (χ3n) is 12.9. The largest absolute Gasteiger partial charge is 0.496 e. The van der Waals surface area contributed by atoms with Crippen molar-refractivity contribution in [3.63, 3.8) is 0 Å². The van der Waals surface area contributed by atoms with Crippen LogP contribution in [0.5, 0.6) is 11.5 Å². The quantitative estimate of drug-likeness (QED) is 0.154. The first kappa shape index (κ1) is 44.4. The number of hydrogen-bond donors (Lipinski definition) is 1. The van der Waals surface area contributed by atoms with Crippen LogP contribution in [-0.2, 0) is 30.8 Å². The Bertz CT molecular complexity index is 2440. The fraction of sp³-hybridized carbons (Fsp3) is 0.521. The molecule has 4 aliphatic rings. The van der Waals surface area contributed by atoms with E-state index in [1.807, 2.05) is 55.6 Å². The van der Waals surface area contributed by atoms with Gasteiger partial charge in [-0.25, -0.2) is 18.4 Å². The number of benzene rings is 2. The standard InChI is InChI=1S/C47H56N4O7S2.CH4/c1-28(2)38-27-59-44(49-38)37-23-42(36-18-19-41(57-5)30(4)43(36)48-37)58-34-22-39-40(52)25-47(46(54)50-60(55,56)35-16-17-35)24-33(47)15-10-8-6-7-9-14-32(45(53)51(39)26-34)21-31-13-11-12-29(3)20-31;/h10-13,15,18-20,23,27-28,32-35,39H,6-9,14,16-17,21-22,24-26H2,1-5H3,(H,50,54);1H4/b15-10-;/t32-,33-,34-,39+,47-;/m1./s1. The zero-order chi connectivity index (χ0) is 42.3.